The molecule has 0 saturated carbocycles. The molecule has 0 unspecified atom stereocenters. The van der Waals surface area contributed by atoms with Gasteiger partial charge in [0.15, 0.2) is 0 Å². The molecule has 1 N–H and O–H groups in total. The molecular formula is C14H19N3O. The molecule has 0 aliphatic heterocycles. The number of hydrogen-bond acceptors (Lipinski definition) is 3. The van der Waals surface area contributed by atoms with Crippen molar-refractivity contribution in [3.63, 3.8) is 0 Å². The van der Waals surface area contributed by atoms with Crippen LogP contribution in [0.4, 0.5) is 0 Å². The Labute approximate surface area is 107 Å². The van der Waals surface area contributed by atoms with Crippen molar-refractivity contribution in [1.82, 2.24) is 15.0 Å². The second-order valence-electron chi connectivity index (χ2n) is 5.02. The minimum Gasteiger partial charge on any atom is -0.384 e. The Balaban J connectivity index is 1.86. The maximum atomic E-state index is 9.79. The van der Waals surface area contributed by atoms with E-state index in [4.69, 9.17) is 0 Å². The van der Waals surface area contributed by atoms with Gasteiger partial charge >= 0.3 is 0 Å². The van der Waals surface area contributed by atoms with Gasteiger partial charge in [-0.05, 0) is 32.3 Å². The lowest BCUT2D eigenvalue weighted by Crippen LogP contribution is -2.15. The molecule has 0 amide bonds. The van der Waals surface area contributed by atoms with Gasteiger partial charge in [0.25, 0.3) is 0 Å². The van der Waals surface area contributed by atoms with Crippen molar-refractivity contribution in [2.75, 3.05) is 0 Å². The van der Waals surface area contributed by atoms with E-state index in [2.05, 4.69) is 34.6 Å². The van der Waals surface area contributed by atoms with Gasteiger partial charge in [0.1, 0.15) is 11.3 Å². The summed E-state index contributed by atoms with van der Waals surface area (Å²) in [5.74, 6) is 0. The highest BCUT2D eigenvalue weighted by Gasteiger charge is 2.19. The molecule has 0 aliphatic rings. The number of aliphatic hydroxyl groups is 1. The van der Waals surface area contributed by atoms with Crippen molar-refractivity contribution in [1.29, 1.82) is 0 Å². The second kappa shape index (κ2) is 5.31. The van der Waals surface area contributed by atoms with E-state index in [0.29, 0.717) is 5.69 Å². The molecule has 2 aromatic rings. The third kappa shape index (κ3) is 3.40. The summed E-state index contributed by atoms with van der Waals surface area (Å²) in [6.07, 6.45) is 3.85. The molecule has 0 fully saturated rings. The molecule has 0 saturated heterocycles. The van der Waals surface area contributed by atoms with Gasteiger partial charge in [0, 0.05) is 6.54 Å². The van der Waals surface area contributed by atoms with Crippen molar-refractivity contribution in [2.24, 2.45) is 0 Å². The van der Waals surface area contributed by atoms with E-state index in [1.54, 1.807) is 18.5 Å². The minimum absolute atomic E-state index is 0.613. The fraction of sp³-hybridized carbons (Fsp3) is 0.429. The number of aromatic nitrogens is 3. The third-order valence-corrected chi connectivity index (χ3v) is 2.86. The Hall–Kier alpha value is -1.68. The van der Waals surface area contributed by atoms with Crippen molar-refractivity contribution < 1.29 is 5.11 Å². The molecule has 1 aromatic carbocycles. The van der Waals surface area contributed by atoms with E-state index >= 15 is 0 Å². The number of rotatable bonds is 5. The van der Waals surface area contributed by atoms with Gasteiger partial charge in [0.2, 0.25) is 0 Å². The molecule has 0 bridgehead atoms. The molecule has 18 heavy (non-hydrogen) atoms. The Morgan fingerprint density at radius 3 is 2.56 bits per heavy atom. The fourth-order valence-electron chi connectivity index (χ4n) is 1.78. The van der Waals surface area contributed by atoms with Crippen LogP contribution in [0, 0.1) is 0 Å². The van der Waals surface area contributed by atoms with Crippen molar-refractivity contribution in [2.45, 2.75) is 38.8 Å². The SMILES string of the molecule is CC(C)(O)c1cn(CCCc2ccccc2)nn1. The first-order chi connectivity index (χ1) is 8.55. The second-order valence-corrected chi connectivity index (χ2v) is 5.02. The third-order valence-electron chi connectivity index (χ3n) is 2.86. The van der Waals surface area contributed by atoms with Crippen LogP contribution in [0.1, 0.15) is 31.5 Å². The normalized spacial score (nSPS) is 11.7. The summed E-state index contributed by atoms with van der Waals surface area (Å²) < 4.78 is 1.79. The maximum absolute atomic E-state index is 9.79. The molecular weight excluding hydrogens is 226 g/mol. The fourth-order valence-corrected chi connectivity index (χ4v) is 1.78. The molecule has 2 rings (SSSR count). The van der Waals surface area contributed by atoms with Crippen LogP contribution in [0.5, 0.6) is 0 Å². The number of hydrogen-bond donors (Lipinski definition) is 1. The number of aryl methyl sites for hydroxylation is 2. The van der Waals surface area contributed by atoms with Gasteiger partial charge in [-0.25, -0.2) is 0 Å². The number of benzene rings is 1. The highest BCUT2D eigenvalue weighted by molar-refractivity contribution is 5.14. The zero-order valence-electron chi connectivity index (χ0n) is 10.9. The van der Waals surface area contributed by atoms with Crippen LogP contribution in [-0.4, -0.2) is 20.1 Å². The van der Waals surface area contributed by atoms with E-state index in [0.717, 1.165) is 19.4 Å². The number of nitrogens with zero attached hydrogens (tertiary/aromatic N) is 3. The van der Waals surface area contributed by atoms with Crippen LogP contribution in [0.25, 0.3) is 0 Å². The van der Waals surface area contributed by atoms with Crippen molar-refractivity contribution >= 4 is 0 Å². The molecule has 0 atom stereocenters. The molecule has 4 heteroatoms. The summed E-state index contributed by atoms with van der Waals surface area (Å²) in [5.41, 5.74) is 1.03. The average Bonchev–Trinajstić information content (AvgIpc) is 2.79. The lowest BCUT2D eigenvalue weighted by molar-refractivity contribution is 0.0737. The van der Waals surface area contributed by atoms with Crippen LogP contribution in [0.15, 0.2) is 36.5 Å². The first-order valence-electron chi connectivity index (χ1n) is 6.22. The monoisotopic (exact) mass is 245 g/mol. The van der Waals surface area contributed by atoms with Gasteiger partial charge in [0.05, 0.1) is 6.20 Å². The topological polar surface area (TPSA) is 50.9 Å². The first kappa shape index (κ1) is 12.8. The maximum Gasteiger partial charge on any atom is 0.114 e. The van der Waals surface area contributed by atoms with E-state index in [1.807, 2.05) is 12.3 Å². The molecule has 0 aliphatic carbocycles. The average molecular weight is 245 g/mol. The van der Waals surface area contributed by atoms with Crippen LogP contribution in [0.2, 0.25) is 0 Å². The summed E-state index contributed by atoms with van der Waals surface area (Å²) in [6, 6.07) is 10.4. The largest absolute Gasteiger partial charge is 0.384 e. The summed E-state index contributed by atoms with van der Waals surface area (Å²) in [6.45, 7) is 4.24. The highest BCUT2D eigenvalue weighted by atomic mass is 16.3. The molecule has 1 aromatic heterocycles. The Bertz CT molecular complexity index is 485. The lowest BCUT2D eigenvalue weighted by atomic mass is 10.1. The van der Waals surface area contributed by atoms with Gasteiger partial charge in [-0.3, -0.25) is 4.68 Å². The van der Waals surface area contributed by atoms with Crippen LogP contribution in [0.3, 0.4) is 0 Å². The quantitative estimate of drug-likeness (QED) is 0.878. The molecule has 0 spiro atoms. The standard InChI is InChI=1S/C14H19N3O/c1-14(2,18)13-11-17(16-15-13)10-6-9-12-7-4-3-5-8-12/h3-5,7-8,11,18H,6,9-10H2,1-2H3. The van der Waals surface area contributed by atoms with Crippen molar-refractivity contribution in [3.05, 3.63) is 47.8 Å². The smallest absolute Gasteiger partial charge is 0.114 e. The molecule has 96 valence electrons. The predicted octanol–water partition coefficient (Wildman–Crippen LogP) is 2.14. The van der Waals surface area contributed by atoms with Crippen molar-refractivity contribution in [3.8, 4) is 0 Å². The first-order valence-corrected chi connectivity index (χ1v) is 6.22. The Kier molecular flexibility index (Phi) is 3.77. The van der Waals surface area contributed by atoms with E-state index in [9.17, 15) is 5.11 Å². The van der Waals surface area contributed by atoms with Gasteiger partial charge in [-0.2, -0.15) is 0 Å². The molecule has 4 nitrogen and oxygen atoms in total. The van der Waals surface area contributed by atoms with Gasteiger partial charge < -0.3 is 5.11 Å². The Morgan fingerprint density at radius 1 is 1.22 bits per heavy atom. The van der Waals surface area contributed by atoms with Gasteiger partial charge in [-0.1, -0.05) is 35.5 Å². The van der Waals surface area contributed by atoms with Crippen LogP contribution >= 0.6 is 0 Å². The van der Waals surface area contributed by atoms with Crippen LogP contribution in [-0.2, 0) is 18.6 Å². The summed E-state index contributed by atoms with van der Waals surface area (Å²) in [4.78, 5) is 0. The van der Waals surface area contributed by atoms with Gasteiger partial charge in [-0.15, -0.1) is 5.10 Å². The zero-order valence-corrected chi connectivity index (χ0v) is 10.9. The predicted molar refractivity (Wildman–Crippen MR) is 70.0 cm³/mol. The Morgan fingerprint density at radius 2 is 1.94 bits per heavy atom. The summed E-state index contributed by atoms with van der Waals surface area (Å²) >= 11 is 0. The minimum atomic E-state index is -0.919. The van der Waals surface area contributed by atoms with E-state index in [1.165, 1.54) is 5.56 Å². The molecule has 1 heterocycles. The van der Waals surface area contributed by atoms with E-state index in [-0.39, 0.29) is 0 Å². The zero-order chi connectivity index (χ0) is 13.0. The highest BCUT2D eigenvalue weighted by Crippen LogP contribution is 2.15. The summed E-state index contributed by atoms with van der Waals surface area (Å²) in [7, 11) is 0. The lowest BCUT2D eigenvalue weighted by Gasteiger charge is -2.11. The summed E-state index contributed by atoms with van der Waals surface area (Å²) in [5, 5.41) is 17.8. The van der Waals surface area contributed by atoms with Crippen LogP contribution < -0.4 is 0 Å². The van der Waals surface area contributed by atoms with E-state index < -0.39 is 5.60 Å². The molecule has 0 radical (unpaired) electrons.